The van der Waals surface area contributed by atoms with E-state index in [4.69, 9.17) is 21.1 Å². The molecular weight excluding hydrogens is 226 g/mol. The fraction of sp³-hybridized carbons (Fsp3) is 0.583. The Hall–Kier alpha value is -0.800. The molecule has 0 unspecified atom stereocenters. The van der Waals surface area contributed by atoms with Crippen LogP contribution in [0.25, 0.3) is 0 Å². The molecule has 90 valence electrons. The molecule has 1 aromatic rings. The van der Waals surface area contributed by atoms with Crippen molar-refractivity contribution in [1.82, 2.24) is 4.98 Å². The monoisotopic (exact) mass is 243 g/mol. The van der Waals surface area contributed by atoms with Crippen LogP contribution in [0.4, 0.5) is 0 Å². The molecule has 0 atom stereocenters. The van der Waals surface area contributed by atoms with Gasteiger partial charge in [-0.25, -0.2) is 4.98 Å². The van der Waals surface area contributed by atoms with Crippen LogP contribution >= 0.6 is 11.6 Å². The van der Waals surface area contributed by atoms with Crippen LogP contribution in [-0.4, -0.2) is 24.8 Å². The summed E-state index contributed by atoms with van der Waals surface area (Å²) in [5.74, 6) is 1.10. The molecule has 3 nitrogen and oxygen atoms in total. The van der Waals surface area contributed by atoms with Gasteiger partial charge in [0.2, 0.25) is 5.88 Å². The Labute approximate surface area is 102 Å². The molecule has 0 spiro atoms. The lowest BCUT2D eigenvalue weighted by Crippen LogP contribution is -2.08. The van der Waals surface area contributed by atoms with Gasteiger partial charge in [0, 0.05) is 24.2 Å². The quantitative estimate of drug-likeness (QED) is 0.545. The molecule has 0 aliphatic carbocycles. The molecule has 0 radical (unpaired) electrons. The van der Waals surface area contributed by atoms with Crippen LogP contribution in [0.3, 0.4) is 0 Å². The van der Waals surface area contributed by atoms with Gasteiger partial charge in [-0.1, -0.05) is 6.92 Å². The molecule has 1 aromatic heterocycles. The van der Waals surface area contributed by atoms with E-state index < -0.39 is 0 Å². The van der Waals surface area contributed by atoms with Gasteiger partial charge in [0.05, 0.1) is 6.61 Å². The summed E-state index contributed by atoms with van der Waals surface area (Å²) in [4.78, 5) is 4.26. The van der Waals surface area contributed by atoms with E-state index >= 15 is 0 Å². The summed E-state index contributed by atoms with van der Waals surface area (Å²) in [5.41, 5.74) is 1.95. The highest BCUT2D eigenvalue weighted by atomic mass is 35.5. The first-order valence-corrected chi connectivity index (χ1v) is 6.03. The Bertz CT molecular complexity index is 318. The highest BCUT2D eigenvalue weighted by Crippen LogP contribution is 2.13. The van der Waals surface area contributed by atoms with Crippen molar-refractivity contribution in [3.05, 3.63) is 23.4 Å². The molecule has 0 fully saturated rings. The Balaban J connectivity index is 2.38. The van der Waals surface area contributed by atoms with Crippen molar-refractivity contribution >= 4 is 11.6 Å². The number of nitrogens with zero attached hydrogens (tertiary/aromatic N) is 1. The molecule has 1 rings (SSSR count). The van der Waals surface area contributed by atoms with Gasteiger partial charge in [-0.3, -0.25) is 0 Å². The summed E-state index contributed by atoms with van der Waals surface area (Å²) in [6, 6.07) is 3.81. The Morgan fingerprint density at radius 2 is 2.06 bits per heavy atom. The maximum absolute atomic E-state index is 5.77. The van der Waals surface area contributed by atoms with Crippen LogP contribution in [0.15, 0.2) is 12.1 Å². The number of hydrogen-bond acceptors (Lipinski definition) is 3. The second-order valence-corrected chi connectivity index (χ2v) is 3.82. The second kappa shape index (κ2) is 7.47. The highest BCUT2D eigenvalue weighted by molar-refractivity contribution is 6.17. The zero-order chi connectivity index (χ0) is 11.8. The van der Waals surface area contributed by atoms with Gasteiger partial charge in [-0.2, -0.15) is 0 Å². The van der Waals surface area contributed by atoms with Crippen LogP contribution in [0.1, 0.15) is 24.6 Å². The van der Waals surface area contributed by atoms with E-state index in [9.17, 15) is 0 Å². The van der Waals surface area contributed by atoms with Crippen molar-refractivity contribution in [2.75, 3.05) is 19.8 Å². The standard InChI is InChI=1S/C12H18ClNO2/c1-3-4-15-5-6-16-12-8-11(9-13)7-10(2)14-12/h7-8H,3-6,9H2,1-2H3. The van der Waals surface area contributed by atoms with E-state index in [1.165, 1.54) is 0 Å². The molecule has 4 heteroatoms. The van der Waals surface area contributed by atoms with Crippen LogP contribution < -0.4 is 4.74 Å². The Morgan fingerprint density at radius 3 is 2.75 bits per heavy atom. The van der Waals surface area contributed by atoms with Crippen LogP contribution in [-0.2, 0) is 10.6 Å². The normalized spacial score (nSPS) is 10.4. The summed E-state index contributed by atoms with van der Waals surface area (Å²) in [7, 11) is 0. The number of alkyl halides is 1. The highest BCUT2D eigenvalue weighted by Gasteiger charge is 2.00. The fourth-order valence-corrected chi connectivity index (χ4v) is 1.46. The van der Waals surface area contributed by atoms with Gasteiger partial charge in [0.1, 0.15) is 6.61 Å². The van der Waals surface area contributed by atoms with Gasteiger partial charge in [0.15, 0.2) is 0 Å². The van der Waals surface area contributed by atoms with E-state index in [-0.39, 0.29) is 0 Å². The topological polar surface area (TPSA) is 31.4 Å². The average molecular weight is 244 g/mol. The smallest absolute Gasteiger partial charge is 0.213 e. The van der Waals surface area contributed by atoms with Crippen LogP contribution in [0.2, 0.25) is 0 Å². The molecule has 0 N–H and O–H groups in total. The van der Waals surface area contributed by atoms with Crippen molar-refractivity contribution in [2.24, 2.45) is 0 Å². The molecule has 16 heavy (non-hydrogen) atoms. The van der Waals surface area contributed by atoms with E-state index in [2.05, 4.69) is 11.9 Å². The number of hydrogen-bond donors (Lipinski definition) is 0. The molecule has 0 amide bonds. The fourth-order valence-electron chi connectivity index (χ4n) is 1.31. The average Bonchev–Trinajstić information content (AvgIpc) is 2.28. The Morgan fingerprint density at radius 1 is 1.25 bits per heavy atom. The van der Waals surface area contributed by atoms with Crippen molar-refractivity contribution in [3.8, 4) is 5.88 Å². The third-order valence-electron chi connectivity index (χ3n) is 1.97. The minimum absolute atomic E-state index is 0.478. The van der Waals surface area contributed by atoms with Crippen molar-refractivity contribution in [3.63, 3.8) is 0 Å². The van der Waals surface area contributed by atoms with E-state index in [0.29, 0.717) is 25.0 Å². The van der Waals surface area contributed by atoms with Gasteiger partial charge in [0.25, 0.3) is 0 Å². The largest absolute Gasteiger partial charge is 0.475 e. The van der Waals surface area contributed by atoms with E-state index in [1.54, 1.807) is 0 Å². The van der Waals surface area contributed by atoms with Crippen molar-refractivity contribution in [1.29, 1.82) is 0 Å². The van der Waals surface area contributed by atoms with Crippen LogP contribution in [0, 0.1) is 6.92 Å². The zero-order valence-electron chi connectivity index (χ0n) is 9.83. The number of rotatable bonds is 7. The molecule has 0 saturated heterocycles. The third-order valence-corrected chi connectivity index (χ3v) is 2.28. The first-order valence-electron chi connectivity index (χ1n) is 5.50. The minimum atomic E-state index is 0.478. The molecule has 0 bridgehead atoms. The lowest BCUT2D eigenvalue weighted by atomic mass is 10.2. The number of ether oxygens (including phenoxy) is 2. The molecule has 0 saturated carbocycles. The van der Waals surface area contributed by atoms with Gasteiger partial charge in [-0.15, -0.1) is 11.6 Å². The number of aryl methyl sites for hydroxylation is 1. The maximum Gasteiger partial charge on any atom is 0.213 e. The third kappa shape index (κ3) is 4.81. The SMILES string of the molecule is CCCOCCOc1cc(CCl)cc(C)n1. The van der Waals surface area contributed by atoms with E-state index in [1.807, 2.05) is 19.1 Å². The molecule has 0 aliphatic rings. The van der Waals surface area contributed by atoms with Gasteiger partial charge in [-0.05, 0) is 25.0 Å². The molecule has 0 aromatic carbocycles. The van der Waals surface area contributed by atoms with Crippen molar-refractivity contribution in [2.45, 2.75) is 26.1 Å². The van der Waals surface area contributed by atoms with E-state index in [0.717, 1.165) is 24.3 Å². The van der Waals surface area contributed by atoms with Gasteiger partial charge >= 0.3 is 0 Å². The summed E-state index contributed by atoms with van der Waals surface area (Å²) < 4.78 is 10.8. The summed E-state index contributed by atoms with van der Waals surface area (Å²) in [5, 5.41) is 0. The predicted molar refractivity (Wildman–Crippen MR) is 65.1 cm³/mol. The predicted octanol–water partition coefficient (Wildman–Crippen LogP) is 2.93. The summed E-state index contributed by atoms with van der Waals surface area (Å²) >= 11 is 5.77. The minimum Gasteiger partial charge on any atom is -0.475 e. The Kier molecular flexibility index (Phi) is 6.19. The molecule has 0 aliphatic heterocycles. The number of aromatic nitrogens is 1. The number of halogens is 1. The van der Waals surface area contributed by atoms with Crippen LogP contribution in [0.5, 0.6) is 5.88 Å². The number of pyridine rings is 1. The van der Waals surface area contributed by atoms with Crippen molar-refractivity contribution < 1.29 is 9.47 Å². The van der Waals surface area contributed by atoms with Gasteiger partial charge < -0.3 is 9.47 Å². The molecule has 1 heterocycles. The lowest BCUT2D eigenvalue weighted by Gasteiger charge is -2.07. The summed E-state index contributed by atoms with van der Waals surface area (Å²) in [6.07, 6.45) is 1.03. The maximum atomic E-state index is 5.77. The zero-order valence-corrected chi connectivity index (χ0v) is 10.6. The first kappa shape index (κ1) is 13.3. The summed E-state index contributed by atoms with van der Waals surface area (Å²) in [6.45, 7) is 5.90. The molecular formula is C12H18ClNO2. The lowest BCUT2D eigenvalue weighted by molar-refractivity contribution is 0.0989. The first-order chi connectivity index (χ1) is 7.76. The second-order valence-electron chi connectivity index (χ2n) is 3.55.